The number of pyridine rings is 1. The number of hydrogen-bond donors (Lipinski definition) is 6. The fourth-order valence-corrected chi connectivity index (χ4v) is 4.90. The van der Waals surface area contributed by atoms with E-state index in [4.69, 9.17) is 10.8 Å². The highest BCUT2D eigenvalue weighted by molar-refractivity contribution is 8.76. The summed E-state index contributed by atoms with van der Waals surface area (Å²) in [6.45, 7) is -1.15. The molecule has 0 saturated carbocycles. The number of nitrogens with one attached hydrogen (secondary N) is 3. The Labute approximate surface area is 218 Å². The monoisotopic (exact) mass is 552 g/mol. The molecule has 198 valence electrons. The molecule has 0 aliphatic heterocycles. The summed E-state index contributed by atoms with van der Waals surface area (Å²) in [5.41, 5.74) is 6.23. The Morgan fingerprint density at radius 2 is 1.76 bits per heavy atom. The molecule has 2 rings (SSSR count). The number of nitrogens with zero attached hydrogens (tertiary/aromatic N) is 2. The van der Waals surface area contributed by atoms with Gasteiger partial charge in [0.05, 0.1) is 17.5 Å². The average Bonchev–Trinajstić information content (AvgIpc) is 2.86. The normalized spacial score (nSPS) is 12.1. The van der Waals surface area contributed by atoms with Crippen molar-refractivity contribution in [1.29, 1.82) is 0 Å². The van der Waals surface area contributed by atoms with Crippen LogP contribution in [0.2, 0.25) is 0 Å². The molecule has 0 spiro atoms. The Bertz CT molecular complexity index is 1130. The zero-order chi connectivity index (χ0) is 27.4. The van der Waals surface area contributed by atoms with Crippen molar-refractivity contribution in [3.63, 3.8) is 0 Å². The van der Waals surface area contributed by atoms with E-state index in [2.05, 4.69) is 20.9 Å². The molecule has 7 N–H and O–H groups in total. The van der Waals surface area contributed by atoms with E-state index in [1.54, 1.807) is 0 Å². The molecule has 1 heterocycles. The van der Waals surface area contributed by atoms with Gasteiger partial charge in [-0.2, -0.15) is 0 Å². The molecule has 0 aliphatic carbocycles. The number of carbonyl (C=O) groups excluding carboxylic acids is 3. The molecular weight excluding hydrogens is 528 g/mol. The Hall–Kier alpha value is -3.89. The third-order valence-corrected chi connectivity index (χ3v) is 6.86. The van der Waals surface area contributed by atoms with Gasteiger partial charge in [-0.25, -0.2) is 4.98 Å². The van der Waals surface area contributed by atoms with Crippen molar-refractivity contribution in [2.75, 3.05) is 18.8 Å². The summed E-state index contributed by atoms with van der Waals surface area (Å²) in [4.78, 5) is 62.2. The van der Waals surface area contributed by atoms with Gasteiger partial charge in [-0.05, 0) is 34.6 Å². The van der Waals surface area contributed by atoms with Crippen LogP contribution in [0, 0.1) is 10.1 Å². The molecule has 14 nitrogen and oxygen atoms in total. The molecule has 0 fully saturated rings. The molecule has 0 saturated heterocycles. The Kier molecular flexibility index (Phi) is 11.6. The number of nitrogens with two attached hydrogens (primary N) is 1. The molecule has 0 unspecified atom stereocenters. The molecular formula is C21H24N6O8S2. The van der Waals surface area contributed by atoms with Gasteiger partial charge in [0.1, 0.15) is 18.3 Å². The first-order chi connectivity index (χ1) is 17.6. The first kappa shape index (κ1) is 29.3. The lowest BCUT2D eigenvalue weighted by molar-refractivity contribution is -0.388. The van der Waals surface area contributed by atoms with Gasteiger partial charge in [0.25, 0.3) is 0 Å². The van der Waals surface area contributed by atoms with E-state index in [1.807, 2.05) is 0 Å². The largest absolute Gasteiger partial charge is 0.508 e. The lowest BCUT2D eigenvalue weighted by Gasteiger charge is -2.19. The fraction of sp³-hybridized carbons (Fsp3) is 0.286. The van der Waals surface area contributed by atoms with Crippen LogP contribution in [-0.4, -0.2) is 74.7 Å². The lowest BCUT2D eigenvalue weighted by Crippen LogP contribution is -2.52. The van der Waals surface area contributed by atoms with E-state index in [0.717, 1.165) is 21.6 Å². The maximum Gasteiger partial charge on any atom is 0.322 e. The van der Waals surface area contributed by atoms with Crippen LogP contribution in [0.5, 0.6) is 5.75 Å². The molecule has 3 amide bonds. The Morgan fingerprint density at radius 1 is 1.08 bits per heavy atom. The smallest absolute Gasteiger partial charge is 0.322 e. The van der Waals surface area contributed by atoms with Gasteiger partial charge >= 0.3 is 11.7 Å². The van der Waals surface area contributed by atoms with E-state index < -0.39 is 53.8 Å². The van der Waals surface area contributed by atoms with Gasteiger partial charge in [0, 0.05) is 24.4 Å². The fourth-order valence-electron chi connectivity index (χ4n) is 2.73. The van der Waals surface area contributed by atoms with Gasteiger partial charge in [-0.3, -0.25) is 29.3 Å². The van der Waals surface area contributed by atoms with E-state index in [9.17, 15) is 34.4 Å². The van der Waals surface area contributed by atoms with Crippen molar-refractivity contribution in [2.24, 2.45) is 5.73 Å². The van der Waals surface area contributed by atoms with Crippen molar-refractivity contribution in [2.45, 2.75) is 23.5 Å². The molecule has 0 radical (unpaired) electrons. The number of carbonyl (C=O) groups is 4. The van der Waals surface area contributed by atoms with E-state index in [0.29, 0.717) is 5.56 Å². The Morgan fingerprint density at radius 3 is 2.41 bits per heavy atom. The zero-order valence-electron chi connectivity index (χ0n) is 19.2. The number of carboxylic acid groups (broad SMARTS) is 1. The summed E-state index contributed by atoms with van der Waals surface area (Å²) in [5.74, 6) is -3.33. The highest BCUT2D eigenvalue weighted by Gasteiger charge is 2.23. The number of phenols is 1. The third kappa shape index (κ3) is 10.3. The molecule has 37 heavy (non-hydrogen) atoms. The topological polar surface area (TPSA) is 227 Å². The number of aromatic nitrogens is 1. The number of aliphatic carboxylic acids is 1. The second-order valence-electron chi connectivity index (χ2n) is 7.38. The number of hydrogen-bond acceptors (Lipinski definition) is 11. The van der Waals surface area contributed by atoms with Crippen LogP contribution in [-0.2, 0) is 25.6 Å². The predicted octanol–water partition coefficient (Wildman–Crippen LogP) is -0.192. The van der Waals surface area contributed by atoms with Crippen LogP contribution >= 0.6 is 21.6 Å². The van der Waals surface area contributed by atoms with Crippen molar-refractivity contribution in [3.05, 3.63) is 58.3 Å². The number of phenolic OH excluding ortho intramolecular Hbond substituents is 1. The average molecular weight is 553 g/mol. The van der Waals surface area contributed by atoms with Crippen LogP contribution in [0.15, 0.2) is 47.6 Å². The summed E-state index contributed by atoms with van der Waals surface area (Å²) in [6, 6.07) is 6.41. The van der Waals surface area contributed by atoms with Crippen LogP contribution in [0.3, 0.4) is 0 Å². The minimum Gasteiger partial charge on any atom is -0.508 e. The summed E-state index contributed by atoms with van der Waals surface area (Å²) in [7, 11) is 2.07. The summed E-state index contributed by atoms with van der Waals surface area (Å²) >= 11 is 0. The quantitative estimate of drug-likeness (QED) is 0.102. The van der Waals surface area contributed by atoms with Crippen molar-refractivity contribution in [3.8, 4) is 5.75 Å². The van der Waals surface area contributed by atoms with Gasteiger partial charge in [0.15, 0.2) is 5.03 Å². The van der Waals surface area contributed by atoms with Crippen LogP contribution in [0.4, 0.5) is 5.69 Å². The zero-order valence-corrected chi connectivity index (χ0v) is 20.8. The van der Waals surface area contributed by atoms with E-state index >= 15 is 0 Å². The molecule has 1 aromatic carbocycles. The van der Waals surface area contributed by atoms with E-state index in [1.165, 1.54) is 42.6 Å². The number of carboxylic acids is 1. The van der Waals surface area contributed by atoms with Crippen molar-refractivity contribution in [1.82, 2.24) is 20.9 Å². The minimum absolute atomic E-state index is 0.00153. The molecule has 0 aliphatic rings. The predicted molar refractivity (Wildman–Crippen MR) is 135 cm³/mol. The summed E-state index contributed by atoms with van der Waals surface area (Å²) in [5, 5.41) is 36.3. The van der Waals surface area contributed by atoms with E-state index in [-0.39, 0.29) is 28.6 Å². The number of rotatable bonds is 14. The minimum atomic E-state index is -1.27. The first-order valence-corrected chi connectivity index (χ1v) is 12.9. The van der Waals surface area contributed by atoms with Gasteiger partial charge in [0.2, 0.25) is 17.7 Å². The second kappa shape index (κ2) is 14.6. The molecule has 2 aromatic rings. The standard InChI is InChI=1S/C21H24N6O8S2/c22-14(11-36-37-21-16(27(34)35)2-1-7-23-21)19(32)24-9-17(29)26-15(20(33)25-10-18(30)31)8-12-3-5-13(28)6-4-12/h1-7,14-15,28H,8-11,22H2,(H,24,32)(H,25,33)(H,26,29)(H,30,31)/t14-,15-/m0/s1. The number of amides is 3. The van der Waals surface area contributed by atoms with Crippen LogP contribution < -0.4 is 21.7 Å². The molecule has 0 bridgehead atoms. The summed E-state index contributed by atoms with van der Waals surface area (Å²) in [6.07, 6.45) is 1.40. The van der Waals surface area contributed by atoms with Crippen molar-refractivity contribution >= 4 is 51.0 Å². The van der Waals surface area contributed by atoms with Crippen molar-refractivity contribution < 1.29 is 34.3 Å². The highest BCUT2D eigenvalue weighted by Crippen LogP contribution is 2.35. The number of nitro groups is 1. The number of aromatic hydroxyl groups is 1. The SMILES string of the molecule is N[C@@H](CSSc1ncccc1[N+](=O)[O-])C(=O)NCC(=O)N[C@@H](Cc1ccc(O)cc1)C(=O)NCC(=O)O. The lowest BCUT2D eigenvalue weighted by atomic mass is 10.0. The first-order valence-electron chi connectivity index (χ1n) is 10.6. The van der Waals surface area contributed by atoms with Crippen LogP contribution in [0.25, 0.3) is 0 Å². The van der Waals surface area contributed by atoms with Gasteiger partial charge < -0.3 is 31.9 Å². The second-order valence-corrected chi connectivity index (χ2v) is 9.71. The molecule has 16 heteroatoms. The third-order valence-electron chi connectivity index (χ3n) is 4.53. The molecule has 2 atom stereocenters. The molecule has 1 aromatic heterocycles. The maximum atomic E-state index is 12.4. The Balaban J connectivity index is 1.86. The summed E-state index contributed by atoms with van der Waals surface area (Å²) < 4.78 is 0. The number of benzene rings is 1. The highest BCUT2D eigenvalue weighted by atomic mass is 33.1. The van der Waals surface area contributed by atoms with Gasteiger partial charge in [-0.15, -0.1) is 0 Å². The van der Waals surface area contributed by atoms with Crippen LogP contribution in [0.1, 0.15) is 5.56 Å². The maximum absolute atomic E-state index is 12.4. The van der Waals surface area contributed by atoms with Gasteiger partial charge in [-0.1, -0.05) is 22.9 Å².